The van der Waals surface area contributed by atoms with Crippen molar-refractivity contribution in [3.63, 3.8) is 0 Å². The van der Waals surface area contributed by atoms with Crippen LogP contribution in [0.5, 0.6) is 0 Å². The monoisotopic (exact) mass is 476 g/mol. The fourth-order valence-corrected chi connectivity index (χ4v) is 5.36. The zero-order chi connectivity index (χ0) is 24.9. The Balaban J connectivity index is 1.66. The molecular weight excluding hydrogens is 432 g/mol. The van der Waals surface area contributed by atoms with Crippen molar-refractivity contribution < 1.29 is 9.59 Å². The lowest BCUT2D eigenvalue weighted by atomic mass is 9.73. The van der Waals surface area contributed by atoms with Gasteiger partial charge in [-0.2, -0.15) is 0 Å². The van der Waals surface area contributed by atoms with Crippen molar-refractivity contribution in [3.8, 4) is 0 Å². The van der Waals surface area contributed by atoms with Crippen LogP contribution in [0.15, 0.2) is 42.7 Å². The molecule has 1 aromatic carbocycles. The second kappa shape index (κ2) is 14.9. The molecule has 1 saturated carbocycles. The lowest BCUT2D eigenvalue weighted by Gasteiger charge is -2.29. The van der Waals surface area contributed by atoms with Gasteiger partial charge in [-0.25, -0.2) is 9.97 Å². The van der Waals surface area contributed by atoms with Crippen LogP contribution in [0, 0.1) is 11.8 Å². The van der Waals surface area contributed by atoms with Gasteiger partial charge in [0.1, 0.15) is 17.5 Å². The number of hydrogen-bond acceptors (Lipinski definition) is 4. The number of nitrogens with zero attached hydrogens (tertiary/aromatic N) is 2. The van der Waals surface area contributed by atoms with Crippen LogP contribution in [0.1, 0.15) is 120 Å². The average molecular weight is 477 g/mol. The molecule has 1 heterocycles. The maximum atomic E-state index is 13.8. The first kappa shape index (κ1) is 27.2. The Bertz CT molecular complexity index is 894. The first-order valence-electron chi connectivity index (χ1n) is 14.1. The summed E-state index contributed by atoms with van der Waals surface area (Å²) in [6, 6.07) is 9.74. The molecule has 3 rings (SSSR count). The van der Waals surface area contributed by atoms with E-state index in [9.17, 15) is 9.59 Å². The van der Waals surface area contributed by atoms with Crippen molar-refractivity contribution in [1.82, 2.24) is 9.97 Å². The van der Waals surface area contributed by atoms with Gasteiger partial charge in [0.25, 0.3) is 0 Å². The van der Waals surface area contributed by atoms with Gasteiger partial charge in [-0.1, -0.05) is 102 Å². The number of aromatic nitrogens is 2. The highest BCUT2D eigenvalue weighted by molar-refractivity contribution is 6.06. The third-order valence-corrected chi connectivity index (χ3v) is 7.52. The lowest BCUT2D eigenvalue weighted by Crippen LogP contribution is -2.35. The minimum absolute atomic E-state index is 0.0294. The van der Waals surface area contributed by atoms with E-state index >= 15 is 0 Å². The van der Waals surface area contributed by atoms with E-state index in [0.717, 1.165) is 36.8 Å². The molecule has 4 heteroatoms. The Morgan fingerprint density at radius 1 is 0.886 bits per heavy atom. The summed E-state index contributed by atoms with van der Waals surface area (Å²) < 4.78 is 0. The molecule has 0 aliphatic heterocycles. The van der Waals surface area contributed by atoms with Gasteiger partial charge in [0.05, 0.1) is 5.92 Å². The van der Waals surface area contributed by atoms with Gasteiger partial charge in [-0.3, -0.25) is 9.59 Å². The van der Waals surface area contributed by atoms with Crippen LogP contribution in [-0.4, -0.2) is 21.5 Å². The topological polar surface area (TPSA) is 59.9 Å². The molecule has 3 atom stereocenters. The molecule has 1 fully saturated rings. The molecule has 0 N–H and O–H groups in total. The number of unbranched alkanes of at least 4 members (excludes halogenated alkanes) is 7. The number of ketones is 2. The maximum absolute atomic E-state index is 13.8. The molecule has 1 aliphatic rings. The van der Waals surface area contributed by atoms with Gasteiger partial charge in [-0.05, 0) is 42.7 Å². The quantitative estimate of drug-likeness (QED) is 0.196. The highest BCUT2D eigenvalue weighted by atomic mass is 16.2. The van der Waals surface area contributed by atoms with Gasteiger partial charge >= 0.3 is 0 Å². The third-order valence-electron chi connectivity index (χ3n) is 7.52. The fourth-order valence-electron chi connectivity index (χ4n) is 5.36. The molecule has 2 aromatic rings. The van der Waals surface area contributed by atoms with Crippen LogP contribution in [0.25, 0.3) is 0 Å². The van der Waals surface area contributed by atoms with Crippen molar-refractivity contribution in [3.05, 3.63) is 59.7 Å². The largest absolute Gasteiger partial charge is 0.299 e. The van der Waals surface area contributed by atoms with E-state index in [-0.39, 0.29) is 11.6 Å². The second-order valence-electron chi connectivity index (χ2n) is 10.4. The number of benzene rings is 1. The first-order chi connectivity index (χ1) is 17.1. The van der Waals surface area contributed by atoms with Crippen molar-refractivity contribution in [2.24, 2.45) is 11.8 Å². The van der Waals surface area contributed by atoms with E-state index in [1.165, 1.54) is 51.4 Å². The molecule has 1 aromatic heterocycles. The van der Waals surface area contributed by atoms with Gasteiger partial charge in [-0.15, -0.1) is 0 Å². The molecule has 0 radical (unpaired) electrons. The first-order valence-corrected chi connectivity index (χ1v) is 14.1. The number of carbonyl (C=O) groups is 2. The van der Waals surface area contributed by atoms with E-state index in [1.54, 1.807) is 0 Å². The summed E-state index contributed by atoms with van der Waals surface area (Å²) in [5.41, 5.74) is 1.98. The summed E-state index contributed by atoms with van der Waals surface area (Å²) in [6.07, 6.45) is 19.1. The average Bonchev–Trinajstić information content (AvgIpc) is 2.88. The minimum Gasteiger partial charge on any atom is -0.299 e. The highest BCUT2D eigenvalue weighted by Gasteiger charge is 2.38. The fraction of sp³-hybridized carbons (Fsp3) is 0.613. The van der Waals surface area contributed by atoms with E-state index in [1.807, 2.05) is 42.7 Å². The molecule has 0 amide bonds. The summed E-state index contributed by atoms with van der Waals surface area (Å²) in [5.74, 6) is -0.0683. The number of rotatable bonds is 15. The van der Waals surface area contributed by atoms with Crippen LogP contribution in [0.2, 0.25) is 0 Å². The van der Waals surface area contributed by atoms with Crippen LogP contribution >= 0.6 is 0 Å². The van der Waals surface area contributed by atoms with Crippen LogP contribution in [0.3, 0.4) is 0 Å². The zero-order valence-corrected chi connectivity index (χ0v) is 21.9. The summed E-state index contributed by atoms with van der Waals surface area (Å²) in [4.78, 5) is 36.2. The summed E-state index contributed by atoms with van der Waals surface area (Å²) in [7, 11) is 0. The minimum atomic E-state index is -0.579. The van der Waals surface area contributed by atoms with Crippen molar-refractivity contribution in [2.75, 3.05) is 0 Å². The van der Waals surface area contributed by atoms with Crippen LogP contribution in [0.4, 0.5) is 0 Å². The summed E-state index contributed by atoms with van der Waals surface area (Å²) in [5, 5.41) is 0. The molecule has 1 aliphatic carbocycles. The molecule has 0 saturated heterocycles. The molecule has 190 valence electrons. The van der Waals surface area contributed by atoms with Gasteiger partial charge in [0.15, 0.2) is 5.78 Å². The van der Waals surface area contributed by atoms with Gasteiger partial charge in [0.2, 0.25) is 0 Å². The molecule has 0 spiro atoms. The van der Waals surface area contributed by atoms with Crippen molar-refractivity contribution in [1.29, 1.82) is 0 Å². The second-order valence-corrected chi connectivity index (χ2v) is 10.4. The van der Waals surface area contributed by atoms with E-state index < -0.39 is 11.8 Å². The van der Waals surface area contributed by atoms with E-state index in [4.69, 9.17) is 0 Å². The molecule has 4 nitrogen and oxygen atoms in total. The standard InChI is InChI=1S/C31H44N2O2/c1-3-5-7-9-12-15-24-19-20-27(28(34)21-24)30(35)29(26-17-13-10-14-18-26)31-32-22-25(23-33-31)16-11-8-6-4-2/h10,13-14,17-18,22-24,27,29H,3-9,11-12,15-16,19-21H2,1-2H3. The SMILES string of the molecule is CCCCCCCC1CCC(C(=O)C(c2ccccc2)c2ncc(CCCCCC)cn2)C(=O)C1. The van der Waals surface area contributed by atoms with Gasteiger partial charge < -0.3 is 0 Å². The summed E-state index contributed by atoms with van der Waals surface area (Å²) in [6.45, 7) is 4.44. The summed E-state index contributed by atoms with van der Waals surface area (Å²) >= 11 is 0. The maximum Gasteiger partial charge on any atom is 0.158 e. The number of carbonyl (C=O) groups excluding carboxylic acids is 2. The van der Waals surface area contributed by atoms with E-state index in [2.05, 4.69) is 23.8 Å². The van der Waals surface area contributed by atoms with Crippen molar-refractivity contribution in [2.45, 2.75) is 110 Å². The zero-order valence-electron chi connectivity index (χ0n) is 21.9. The Morgan fingerprint density at radius 3 is 2.20 bits per heavy atom. The smallest absolute Gasteiger partial charge is 0.158 e. The molecule has 35 heavy (non-hydrogen) atoms. The number of aryl methyl sites for hydroxylation is 1. The number of Topliss-reactive ketones (excluding diaryl/α,β-unsaturated/α-hetero) is 2. The van der Waals surface area contributed by atoms with Gasteiger partial charge in [0, 0.05) is 18.8 Å². The predicted molar refractivity (Wildman–Crippen MR) is 142 cm³/mol. The Kier molecular flexibility index (Phi) is 11.6. The third kappa shape index (κ3) is 8.37. The Labute approximate surface area is 212 Å². The molecular formula is C31H44N2O2. The van der Waals surface area contributed by atoms with Crippen molar-refractivity contribution >= 4 is 11.6 Å². The molecule has 3 unspecified atom stereocenters. The highest BCUT2D eigenvalue weighted by Crippen LogP contribution is 2.35. The predicted octanol–water partition coefficient (Wildman–Crippen LogP) is 7.65. The normalized spacial score (nSPS) is 19.0. The van der Waals surface area contributed by atoms with Crippen LogP contribution < -0.4 is 0 Å². The Hall–Kier alpha value is -2.36. The van der Waals surface area contributed by atoms with Crippen LogP contribution in [-0.2, 0) is 16.0 Å². The number of hydrogen-bond donors (Lipinski definition) is 0. The lowest BCUT2D eigenvalue weighted by molar-refractivity contribution is -0.135. The molecule has 0 bridgehead atoms. The van der Waals surface area contributed by atoms with E-state index in [0.29, 0.717) is 24.6 Å². The Morgan fingerprint density at radius 2 is 1.54 bits per heavy atom.